The zero-order chi connectivity index (χ0) is 12.4. The van der Waals surface area contributed by atoms with E-state index in [1.807, 2.05) is 0 Å². The van der Waals surface area contributed by atoms with Crippen LogP contribution in [0.15, 0.2) is 30.3 Å². The number of aromatic carboxylic acids is 1. The van der Waals surface area contributed by atoms with Crippen LogP contribution >= 0.6 is 22.9 Å². The SMILES string of the molecule is O=Cc1cc(-c2ccc(Cl)cc2)sc1C(=O)O. The predicted molar refractivity (Wildman–Crippen MR) is 67.1 cm³/mol. The highest BCUT2D eigenvalue weighted by Gasteiger charge is 2.15. The van der Waals surface area contributed by atoms with E-state index in [1.54, 1.807) is 30.3 Å². The van der Waals surface area contributed by atoms with Gasteiger partial charge in [0.15, 0.2) is 6.29 Å². The van der Waals surface area contributed by atoms with Crippen LogP contribution < -0.4 is 0 Å². The number of carboxylic acids is 1. The van der Waals surface area contributed by atoms with Crippen molar-refractivity contribution >= 4 is 35.2 Å². The van der Waals surface area contributed by atoms with Gasteiger partial charge in [-0.25, -0.2) is 4.79 Å². The first kappa shape index (κ1) is 11.8. The van der Waals surface area contributed by atoms with E-state index in [4.69, 9.17) is 16.7 Å². The maximum Gasteiger partial charge on any atom is 0.346 e. The summed E-state index contributed by atoms with van der Waals surface area (Å²) in [5.41, 5.74) is 1.04. The maximum atomic E-state index is 10.9. The van der Waals surface area contributed by atoms with Crippen molar-refractivity contribution in [2.45, 2.75) is 0 Å². The van der Waals surface area contributed by atoms with Crippen molar-refractivity contribution in [3.63, 3.8) is 0 Å². The number of benzene rings is 1. The number of halogens is 1. The fourth-order valence-corrected chi connectivity index (χ4v) is 2.51. The summed E-state index contributed by atoms with van der Waals surface area (Å²) in [4.78, 5) is 22.5. The summed E-state index contributed by atoms with van der Waals surface area (Å²) in [6, 6.07) is 8.59. The third kappa shape index (κ3) is 2.38. The van der Waals surface area contributed by atoms with Crippen LogP contribution in [-0.2, 0) is 0 Å². The molecule has 3 nitrogen and oxygen atoms in total. The summed E-state index contributed by atoms with van der Waals surface area (Å²) < 4.78 is 0. The van der Waals surface area contributed by atoms with Crippen LogP contribution in [0, 0.1) is 0 Å². The van der Waals surface area contributed by atoms with Crippen LogP contribution in [0.4, 0.5) is 0 Å². The molecule has 2 aromatic rings. The molecule has 0 radical (unpaired) electrons. The molecular weight excluding hydrogens is 260 g/mol. The lowest BCUT2D eigenvalue weighted by atomic mass is 10.1. The minimum atomic E-state index is -1.09. The van der Waals surface area contributed by atoms with Crippen molar-refractivity contribution in [1.29, 1.82) is 0 Å². The highest BCUT2D eigenvalue weighted by atomic mass is 35.5. The molecule has 0 aliphatic heterocycles. The summed E-state index contributed by atoms with van der Waals surface area (Å²) in [6.07, 6.45) is 0.555. The highest BCUT2D eigenvalue weighted by Crippen LogP contribution is 2.31. The average Bonchev–Trinajstić information content (AvgIpc) is 2.74. The van der Waals surface area contributed by atoms with Crippen molar-refractivity contribution in [3.8, 4) is 10.4 Å². The van der Waals surface area contributed by atoms with Gasteiger partial charge >= 0.3 is 5.97 Å². The molecule has 0 fully saturated rings. The number of thiophene rings is 1. The molecule has 0 bridgehead atoms. The quantitative estimate of drug-likeness (QED) is 0.864. The second kappa shape index (κ2) is 4.69. The number of hydrogen-bond donors (Lipinski definition) is 1. The largest absolute Gasteiger partial charge is 0.477 e. The standard InChI is InChI=1S/C12H7ClO3S/c13-9-3-1-7(2-4-9)10-5-8(6-14)11(17-10)12(15)16/h1-6H,(H,15,16). The van der Waals surface area contributed by atoms with Gasteiger partial charge in [-0.2, -0.15) is 0 Å². The van der Waals surface area contributed by atoms with Gasteiger partial charge in [-0.15, -0.1) is 11.3 Å². The Balaban J connectivity index is 2.50. The van der Waals surface area contributed by atoms with Crippen molar-refractivity contribution in [3.05, 3.63) is 45.8 Å². The normalized spacial score (nSPS) is 10.2. The molecular formula is C12H7ClO3S. The van der Waals surface area contributed by atoms with Gasteiger partial charge in [-0.05, 0) is 23.8 Å². The molecule has 0 aliphatic carbocycles. The zero-order valence-electron chi connectivity index (χ0n) is 8.51. The lowest BCUT2D eigenvalue weighted by Gasteiger charge is -1.96. The fourth-order valence-electron chi connectivity index (χ4n) is 1.42. The van der Waals surface area contributed by atoms with E-state index in [2.05, 4.69) is 0 Å². The third-order valence-electron chi connectivity index (χ3n) is 2.21. The van der Waals surface area contributed by atoms with Crippen LogP contribution in [-0.4, -0.2) is 17.4 Å². The molecule has 0 unspecified atom stereocenters. The predicted octanol–water partition coefficient (Wildman–Crippen LogP) is 3.58. The molecule has 1 N–H and O–H groups in total. The summed E-state index contributed by atoms with van der Waals surface area (Å²) in [5.74, 6) is -1.09. The van der Waals surface area contributed by atoms with E-state index in [0.717, 1.165) is 21.8 Å². The molecule has 0 atom stereocenters. The van der Waals surface area contributed by atoms with Crippen LogP contribution in [0.3, 0.4) is 0 Å². The Bertz CT molecular complexity index is 572. The second-order valence-corrected chi connectivity index (χ2v) is 4.81. The minimum absolute atomic E-state index is 0.0601. The summed E-state index contributed by atoms with van der Waals surface area (Å²) in [5, 5.41) is 9.54. The molecule has 2 rings (SSSR count). The van der Waals surface area contributed by atoms with Gasteiger partial charge < -0.3 is 5.11 Å². The van der Waals surface area contributed by atoms with E-state index < -0.39 is 5.97 Å². The molecule has 0 spiro atoms. The fraction of sp³-hybridized carbons (Fsp3) is 0. The van der Waals surface area contributed by atoms with Gasteiger partial charge in [0.1, 0.15) is 4.88 Å². The first-order chi connectivity index (χ1) is 8.11. The Morgan fingerprint density at radius 1 is 1.29 bits per heavy atom. The van der Waals surface area contributed by atoms with Gasteiger partial charge in [0.25, 0.3) is 0 Å². The number of carbonyl (C=O) groups is 2. The summed E-state index contributed by atoms with van der Waals surface area (Å²) in [6.45, 7) is 0. The molecule has 0 saturated heterocycles. The average molecular weight is 267 g/mol. The van der Waals surface area contributed by atoms with E-state index in [0.29, 0.717) is 11.3 Å². The van der Waals surface area contributed by atoms with Gasteiger partial charge in [-0.1, -0.05) is 23.7 Å². The number of carboxylic acid groups (broad SMARTS) is 1. The molecule has 1 heterocycles. The molecule has 0 saturated carbocycles. The Morgan fingerprint density at radius 3 is 2.41 bits per heavy atom. The molecule has 0 aliphatic rings. The Labute approximate surface area is 106 Å². The van der Waals surface area contributed by atoms with Gasteiger partial charge in [0.05, 0.1) is 0 Å². The zero-order valence-corrected chi connectivity index (χ0v) is 10.1. The van der Waals surface area contributed by atoms with Crippen LogP contribution in [0.5, 0.6) is 0 Å². The van der Waals surface area contributed by atoms with Gasteiger partial charge in [0.2, 0.25) is 0 Å². The smallest absolute Gasteiger partial charge is 0.346 e. The highest BCUT2D eigenvalue weighted by molar-refractivity contribution is 7.17. The van der Waals surface area contributed by atoms with Crippen LogP contribution in [0.1, 0.15) is 20.0 Å². The number of hydrogen-bond acceptors (Lipinski definition) is 3. The molecule has 1 aromatic heterocycles. The number of rotatable bonds is 3. The Hall–Kier alpha value is -1.65. The van der Waals surface area contributed by atoms with E-state index >= 15 is 0 Å². The molecule has 1 aromatic carbocycles. The van der Waals surface area contributed by atoms with E-state index in [-0.39, 0.29) is 10.4 Å². The third-order valence-corrected chi connectivity index (χ3v) is 3.65. The van der Waals surface area contributed by atoms with Crippen LogP contribution in [0.25, 0.3) is 10.4 Å². The summed E-state index contributed by atoms with van der Waals surface area (Å²) >= 11 is 6.84. The van der Waals surface area contributed by atoms with Crippen molar-refractivity contribution in [2.75, 3.05) is 0 Å². The van der Waals surface area contributed by atoms with Crippen molar-refractivity contribution in [1.82, 2.24) is 0 Å². The first-order valence-electron chi connectivity index (χ1n) is 4.70. The monoisotopic (exact) mass is 266 g/mol. The molecule has 0 amide bonds. The lowest BCUT2D eigenvalue weighted by Crippen LogP contribution is -1.95. The Kier molecular flexibility index (Phi) is 3.26. The van der Waals surface area contributed by atoms with Crippen molar-refractivity contribution in [2.24, 2.45) is 0 Å². The van der Waals surface area contributed by atoms with E-state index in [9.17, 15) is 9.59 Å². The van der Waals surface area contributed by atoms with Gasteiger partial charge in [0, 0.05) is 15.5 Å². The lowest BCUT2D eigenvalue weighted by molar-refractivity contribution is 0.0699. The van der Waals surface area contributed by atoms with Crippen LogP contribution in [0.2, 0.25) is 5.02 Å². The topological polar surface area (TPSA) is 54.4 Å². The maximum absolute atomic E-state index is 10.9. The molecule has 86 valence electrons. The van der Waals surface area contributed by atoms with Gasteiger partial charge in [-0.3, -0.25) is 4.79 Å². The summed E-state index contributed by atoms with van der Waals surface area (Å²) in [7, 11) is 0. The number of aldehydes is 1. The second-order valence-electron chi connectivity index (χ2n) is 3.33. The van der Waals surface area contributed by atoms with Crippen molar-refractivity contribution < 1.29 is 14.7 Å². The number of carbonyl (C=O) groups excluding carboxylic acids is 1. The molecule has 17 heavy (non-hydrogen) atoms. The molecule has 5 heteroatoms. The minimum Gasteiger partial charge on any atom is -0.477 e. The Morgan fingerprint density at radius 2 is 1.94 bits per heavy atom. The van der Waals surface area contributed by atoms with E-state index in [1.165, 1.54) is 0 Å². The first-order valence-corrected chi connectivity index (χ1v) is 5.89.